The van der Waals surface area contributed by atoms with Crippen LogP contribution in [0.5, 0.6) is 5.88 Å². The molecule has 0 saturated carbocycles. The van der Waals surface area contributed by atoms with E-state index in [9.17, 15) is 9.90 Å². The van der Waals surface area contributed by atoms with Crippen LogP contribution >= 0.6 is 0 Å². The highest BCUT2D eigenvalue weighted by atomic mass is 16.5. The van der Waals surface area contributed by atoms with Gasteiger partial charge in [0.1, 0.15) is 0 Å². The minimum absolute atomic E-state index is 0.177. The van der Waals surface area contributed by atoms with Gasteiger partial charge >= 0.3 is 5.97 Å². The van der Waals surface area contributed by atoms with E-state index in [1.165, 1.54) is 0 Å². The fourth-order valence-corrected chi connectivity index (χ4v) is 1.64. The van der Waals surface area contributed by atoms with Crippen LogP contribution in [0.3, 0.4) is 0 Å². The van der Waals surface area contributed by atoms with Gasteiger partial charge in [0.15, 0.2) is 12.4 Å². The number of carboxylic acids is 1. The maximum atomic E-state index is 10.3. The first-order chi connectivity index (χ1) is 8.15. The number of carbonyl (C=O) groups is 1. The Kier molecular flexibility index (Phi) is 3.38. The van der Waals surface area contributed by atoms with Crippen molar-refractivity contribution in [1.29, 1.82) is 0 Å². The molecular weight excluding hydrogens is 226 g/mol. The summed E-state index contributed by atoms with van der Waals surface area (Å²) in [4.78, 5) is 12.2. The minimum Gasteiger partial charge on any atom is -0.479 e. The van der Waals surface area contributed by atoms with Crippen molar-refractivity contribution in [2.45, 2.75) is 12.5 Å². The van der Waals surface area contributed by atoms with Crippen LogP contribution < -0.4 is 9.64 Å². The monoisotopic (exact) mass is 239 g/mol. The minimum atomic E-state index is -1.06. The Labute approximate surface area is 97.6 Å². The lowest BCUT2D eigenvalue weighted by atomic mass is 10.3. The van der Waals surface area contributed by atoms with Crippen molar-refractivity contribution >= 4 is 11.8 Å². The normalized spacial score (nSPS) is 19.4. The van der Waals surface area contributed by atoms with E-state index < -0.39 is 12.6 Å². The number of rotatable bonds is 4. The van der Waals surface area contributed by atoms with Gasteiger partial charge in [-0.2, -0.15) is 0 Å². The molecule has 1 fully saturated rings. The summed E-state index contributed by atoms with van der Waals surface area (Å²) < 4.78 is 4.87. The Balaban J connectivity index is 1.95. The Hall–Kier alpha value is -1.89. The van der Waals surface area contributed by atoms with Gasteiger partial charge in [-0.05, 0) is 12.5 Å². The number of β-amino-alcohol motifs (C(OH)–C–C–N with tert-alkyl or cyclic N) is 1. The number of hydrogen-bond donors (Lipinski definition) is 2. The second kappa shape index (κ2) is 4.96. The van der Waals surface area contributed by atoms with Crippen LogP contribution in [0.25, 0.3) is 0 Å². The van der Waals surface area contributed by atoms with Crippen LogP contribution in [0, 0.1) is 0 Å². The van der Waals surface area contributed by atoms with Crippen molar-refractivity contribution in [3.63, 3.8) is 0 Å². The molecule has 0 bridgehead atoms. The van der Waals surface area contributed by atoms with Gasteiger partial charge in [0.2, 0.25) is 5.88 Å². The lowest BCUT2D eigenvalue weighted by Crippen LogP contribution is -2.22. The van der Waals surface area contributed by atoms with Crippen LogP contribution in [0.1, 0.15) is 6.42 Å². The predicted molar refractivity (Wildman–Crippen MR) is 58.0 cm³/mol. The molecule has 1 aliphatic rings. The third kappa shape index (κ3) is 3.04. The summed E-state index contributed by atoms with van der Waals surface area (Å²) in [6, 6.07) is 3.26. The lowest BCUT2D eigenvalue weighted by molar-refractivity contribution is -0.139. The molecule has 1 atom stereocenters. The first-order valence-corrected chi connectivity index (χ1v) is 5.26. The number of hydrogen-bond acceptors (Lipinski definition) is 6. The van der Waals surface area contributed by atoms with E-state index in [1.807, 2.05) is 4.90 Å². The molecule has 92 valence electrons. The molecule has 1 aromatic rings. The highest BCUT2D eigenvalue weighted by molar-refractivity contribution is 5.68. The van der Waals surface area contributed by atoms with E-state index >= 15 is 0 Å². The van der Waals surface area contributed by atoms with Gasteiger partial charge in [0.25, 0.3) is 0 Å². The number of nitrogens with zero attached hydrogens (tertiary/aromatic N) is 3. The van der Waals surface area contributed by atoms with Crippen LogP contribution in [0.2, 0.25) is 0 Å². The molecule has 1 aromatic heterocycles. The largest absolute Gasteiger partial charge is 0.479 e. The molecule has 2 N–H and O–H groups in total. The molecule has 1 aliphatic heterocycles. The molecule has 0 spiro atoms. The van der Waals surface area contributed by atoms with Gasteiger partial charge < -0.3 is 19.8 Å². The van der Waals surface area contributed by atoms with Gasteiger partial charge in [-0.1, -0.05) is 0 Å². The summed E-state index contributed by atoms with van der Waals surface area (Å²) >= 11 is 0. The molecule has 0 aliphatic carbocycles. The van der Waals surface area contributed by atoms with Crippen LogP contribution in [0.15, 0.2) is 12.1 Å². The summed E-state index contributed by atoms with van der Waals surface area (Å²) in [6.45, 7) is 0.853. The van der Waals surface area contributed by atoms with Gasteiger partial charge in [-0.25, -0.2) is 4.79 Å². The maximum Gasteiger partial charge on any atom is 0.341 e. The van der Waals surface area contributed by atoms with Crippen LogP contribution in [-0.4, -0.2) is 52.2 Å². The van der Waals surface area contributed by atoms with E-state index in [1.54, 1.807) is 12.1 Å². The number of anilines is 1. The summed E-state index contributed by atoms with van der Waals surface area (Å²) in [5.41, 5.74) is 0. The fraction of sp³-hybridized carbons (Fsp3) is 0.500. The summed E-state index contributed by atoms with van der Waals surface area (Å²) in [5, 5.41) is 25.5. The van der Waals surface area contributed by atoms with Crippen molar-refractivity contribution in [2.24, 2.45) is 0 Å². The van der Waals surface area contributed by atoms with Crippen LogP contribution in [0.4, 0.5) is 5.82 Å². The molecule has 0 aromatic carbocycles. The quantitative estimate of drug-likeness (QED) is 0.731. The molecule has 2 rings (SSSR count). The van der Waals surface area contributed by atoms with Crippen molar-refractivity contribution in [1.82, 2.24) is 10.2 Å². The van der Waals surface area contributed by atoms with E-state index in [4.69, 9.17) is 9.84 Å². The van der Waals surface area contributed by atoms with Gasteiger partial charge in [-0.3, -0.25) is 0 Å². The van der Waals surface area contributed by atoms with Gasteiger partial charge in [-0.15, -0.1) is 10.2 Å². The van der Waals surface area contributed by atoms with Crippen LogP contribution in [-0.2, 0) is 4.79 Å². The zero-order valence-electron chi connectivity index (χ0n) is 9.11. The summed E-state index contributed by atoms with van der Waals surface area (Å²) in [7, 11) is 0. The Morgan fingerprint density at radius 1 is 1.53 bits per heavy atom. The average molecular weight is 239 g/mol. The predicted octanol–water partition coefficient (Wildman–Crippen LogP) is -0.489. The average Bonchev–Trinajstić information content (AvgIpc) is 2.74. The third-order valence-electron chi connectivity index (χ3n) is 2.46. The zero-order valence-corrected chi connectivity index (χ0v) is 9.11. The van der Waals surface area contributed by atoms with Gasteiger partial charge in [0.05, 0.1) is 6.10 Å². The molecule has 0 amide bonds. The molecule has 7 heteroatoms. The second-order valence-corrected chi connectivity index (χ2v) is 3.80. The standard InChI is InChI=1S/C10H13N3O4/c14-7-3-4-13(5-7)8-1-2-9(12-11-8)17-6-10(15)16/h1-2,7,14H,3-6H2,(H,15,16)/t7-/m1/s1. The van der Waals surface area contributed by atoms with Crippen molar-refractivity contribution < 1.29 is 19.7 Å². The molecule has 17 heavy (non-hydrogen) atoms. The van der Waals surface area contributed by atoms with E-state index in [0.717, 1.165) is 13.0 Å². The maximum absolute atomic E-state index is 10.3. The first-order valence-electron chi connectivity index (χ1n) is 5.26. The number of ether oxygens (including phenoxy) is 1. The topological polar surface area (TPSA) is 95.8 Å². The molecule has 1 saturated heterocycles. The van der Waals surface area contributed by atoms with Crippen molar-refractivity contribution in [3.05, 3.63) is 12.1 Å². The highest BCUT2D eigenvalue weighted by Crippen LogP contribution is 2.18. The molecule has 0 unspecified atom stereocenters. The fourth-order valence-electron chi connectivity index (χ4n) is 1.64. The number of aliphatic carboxylic acids is 1. The third-order valence-corrected chi connectivity index (χ3v) is 2.46. The van der Waals surface area contributed by atoms with E-state index in [0.29, 0.717) is 12.4 Å². The smallest absolute Gasteiger partial charge is 0.341 e. The van der Waals surface area contributed by atoms with E-state index in [-0.39, 0.29) is 12.0 Å². The second-order valence-electron chi connectivity index (χ2n) is 3.80. The summed E-state index contributed by atoms with van der Waals surface area (Å²) in [6.07, 6.45) is 0.401. The highest BCUT2D eigenvalue weighted by Gasteiger charge is 2.21. The number of aromatic nitrogens is 2. The van der Waals surface area contributed by atoms with Crippen molar-refractivity contribution in [2.75, 3.05) is 24.6 Å². The first kappa shape index (κ1) is 11.6. The molecule has 0 radical (unpaired) electrons. The molecular formula is C10H13N3O4. The van der Waals surface area contributed by atoms with Crippen molar-refractivity contribution in [3.8, 4) is 5.88 Å². The van der Waals surface area contributed by atoms with E-state index in [2.05, 4.69) is 10.2 Å². The Morgan fingerprint density at radius 2 is 2.35 bits per heavy atom. The number of carboxylic acid groups (broad SMARTS) is 1. The number of aliphatic hydroxyl groups excluding tert-OH is 1. The number of aliphatic hydroxyl groups is 1. The SMILES string of the molecule is O=C(O)COc1ccc(N2CC[C@@H](O)C2)nn1. The van der Waals surface area contributed by atoms with Gasteiger partial charge in [0, 0.05) is 19.2 Å². The Bertz CT molecular complexity index is 395. The Morgan fingerprint density at radius 3 is 2.88 bits per heavy atom. The zero-order chi connectivity index (χ0) is 12.3. The summed E-state index contributed by atoms with van der Waals surface area (Å²) in [5.74, 6) is -0.223. The molecule has 2 heterocycles. The lowest BCUT2D eigenvalue weighted by Gasteiger charge is -2.15. The molecule has 7 nitrogen and oxygen atoms in total.